The standard InChI is InChI=1S/C20H12ClF3N4O4/c21-11-6-10(7-14(8-11)32-20(22,23)24)18(29)26-12-2-1-3-13(9-12)31-15-4-5-25-17-16(15)27-19(30)28-17/h1-9H,(H,26,29)(H2,25,27,28,30). The Hall–Kier alpha value is -3.99. The van der Waals surface area contributed by atoms with Crippen molar-refractivity contribution in [1.29, 1.82) is 0 Å². The van der Waals surface area contributed by atoms with E-state index in [0.29, 0.717) is 28.4 Å². The molecule has 2 aromatic carbocycles. The first-order chi connectivity index (χ1) is 15.2. The molecule has 0 saturated heterocycles. The minimum atomic E-state index is -4.92. The Labute approximate surface area is 182 Å². The van der Waals surface area contributed by atoms with Crippen LogP contribution in [0.25, 0.3) is 11.2 Å². The van der Waals surface area contributed by atoms with Crippen LogP contribution in [0.15, 0.2) is 59.5 Å². The van der Waals surface area contributed by atoms with Gasteiger partial charge in [-0.1, -0.05) is 17.7 Å². The first kappa shape index (κ1) is 21.2. The van der Waals surface area contributed by atoms with Gasteiger partial charge in [-0.3, -0.25) is 9.78 Å². The third kappa shape index (κ3) is 5.01. The summed E-state index contributed by atoms with van der Waals surface area (Å²) >= 11 is 5.81. The molecule has 0 fully saturated rings. The molecule has 4 aromatic rings. The predicted octanol–water partition coefficient (Wildman–Crippen LogP) is 4.85. The number of benzene rings is 2. The number of hydrogen-bond acceptors (Lipinski definition) is 5. The molecule has 4 rings (SSSR count). The Balaban J connectivity index is 1.54. The lowest BCUT2D eigenvalue weighted by molar-refractivity contribution is -0.274. The summed E-state index contributed by atoms with van der Waals surface area (Å²) in [6, 6.07) is 10.9. The maximum absolute atomic E-state index is 12.5. The number of nitrogens with one attached hydrogen (secondary N) is 3. The minimum absolute atomic E-state index is 0.101. The number of pyridine rings is 1. The van der Waals surface area contributed by atoms with Crippen LogP contribution in [0.2, 0.25) is 5.02 Å². The number of fused-ring (bicyclic) bond motifs is 1. The monoisotopic (exact) mass is 464 g/mol. The van der Waals surface area contributed by atoms with Crippen LogP contribution in [0.5, 0.6) is 17.2 Å². The molecule has 0 bridgehead atoms. The Morgan fingerprint density at radius 2 is 1.88 bits per heavy atom. The molecular weight excluding hydrogens is 453 g/mol. The number of nitrogens with zero attached hydrogens (tertiary/aromatic N) is 1. The molecule has 0 unspecified atom stereocenters. The third-order valence-electron chi connectivity index (χ3n) is 4.07. The molecule has 2 aromatic heterocycles. The highest BCUT2D eigenvalue weighted by atomic mass is 35.5. The molecular formula is C20H12ClF3N4O4. The zero-order chi connectivity index (χ0) is 22.9. The van der Waals surface area contributed by atoms with Gasteiger partial charge in [0.15, 0.2) is 11.4 Å². The summed E-state index contributed by atoms with van der Waals surface area (Å²) in [5.41, 5.74) is 0.403. The second kappa shape index (κ2) is 8.27. The lowest BCUT2D eigenvalue weighted by atomic mass is 10.2. The van der Waals surface area contributed by atoms with Gasteiger partial charge in [0, 0.05) is 34.6 Å². The van der Waals surface area contributed by atoms with Crippen LogP contribution in [0.4, 0.5) is 18.9 Å². The fraction of sp³-hybridized carbons (Fsp3) is 0.0500. The average Bonchev–Trinajstić information content (AvgIpc) is 3.08. The van der Waals surface area contributed by atoms with Crippen molar-refractivity contribution >= 4 is 34.4 Å². The van der Waals surface area contributed by atoms with Gasteiger partial charge in [0.25, 0.3) is 5.91 Å². The van der Waals surface area contributed by atoms with E-state index in [1.54, 1.807) is 24.3 Å². The van der Waals surface area contributed by atoms with E-state index in [0.717, 1.165) is 12.1 Å². The average molecular weight is 465 g/mol. The number of aromatic amines is 2. The number of aromatic nitrogens is 3. The normalized spacial score (nSPS) is 11.4. The molecule has 0 saturated carbocycles. The number of imidazole rings is 1. The smallest absolute Gasteiger partial charge is 0.455 e. The van der Waals surface area contributed by atoms with Crippen LogP contribution >= 0.6 is 11.6 Å². The van der Waals surface area contributed by atoms with Crippen molar-refractivity contribution in [2.45, 2.75) is 6.36 Å². The fourth-order valence-corrected chi connectivity index (χ4v) is 3.08. The van der Waals surface area contributed by atoms with E-state index in [2.05, 4.69) is 25.0 Å². The van der Waals surface area contributed by atoms with Crippen molar-refractivity contribution < 1.29 is 27.4 Å². The topological polar surface area (TPSA) is 109 Å². The zero-order valence-electron chi connectivity index (χ0n) is 15.8. The highest BCUT2D eigenvalue weighted by Crippen LogP contribution is 2.29. The number of carbonyl (C=O) groups is 1. The van der Waals surface area contributed by atoms with Crippen LogP contribution in [0, 0.1) is 0 Å². The number of carbonyl (C=O) groups excluding carboxylic acids is 1. The summed E-state index contributed by atoms with van der Waals surface area (Å²) in [5.74, 6) is -0.683. The maximum Gasteiger partial charge on any atom is 0.573 e. The molecule has 0 atom stereocenters. The highest BCUT2D eigenvalue weighted by Gasteiger charge is 2.31. The summed E-state index contributed by atoms with van der Waals surface area (Å²) in [6.07, 6.45) is -3.47. The molecule has 0 radical (unpaired) electrons. The second-order valence-electron chi connectivity index (χ2n) is 6.42. The van der Waals surface area contributed by atoms with E-state index < -0.39 is 23.7 Å². The molecule has 0 aliphatic heterocycles. The molecule has 0 spiro atoms. The van der Waals surface area contributed by atoms with Gasteiger partial charge in [-0.15, -0.1) is 13.2 Å². The zero-order valence-corrected chi connectivity index (χ0v) is 16.5. The Morgan fingerprint density at radius 3 is 2.66 bits per heavy atom. The van der Waals surface area contributed by atoms with Crippen molar-refractivity contribution in [3.8, 4) is 17.2 Å². The van der Waals surface area contributed by atoms with E-state index in [1.807, 2.05) is 0 Å². The summed E-state index contributed by atoms with van der Waals surface area (Å²) in [5, 5.41) is 2.45. The molecule has 3 N–H and O–H groups in total. The largest absolute Gasteiger partial charge is 0.573 e. The first-order valence-corrected chi connectivity index (χ1v) is 9.27. The van der Waals surface area contributed by atoms with E-state index in [9.17, 15) is 22.8 Å². The Morgan fingerprint density at radius 1 is 1.06 bits per heavy atom. The fourth-order valence-electron chi connectivity index (χ4n) is 2.85. The highest BCUT2D eigenvalue weighted by molar-refractivity contribution is 6.31. The van der Waals surface area contributed by atoms with E-state index in [1.165, 1.54) is 18.3 Å². The molecule has 164 valence electrons. The van der Waals surface area contributed by atoms with Crippen LogP contribution in [0.1, 0.15) is 10.4 Å². The Bertz CT molecular complexity index is 1370. The molecule has 1 amide bonds. The minimum Gasteiger partial charge on any atom is -0.455 e. The van der Waals surface area contributed by atoms with Crippen molar-refractivity contribution in [3.63, 3.8) is 0 Å². The molecule has 2 heterocycles. The molecule has 0 aliphatic carbocycles. The van der Waals surface area contributed by atoms with E-state index >= 15 is 0 Å². The number of halogens is 4. The van der Waals surface area contributed by atoms with Crippen molar-refractivity contribution in [3.05, 3.63) is 75.8 Å². The van der Waals surface area contributed by atoms with Crippen LogP contribution in [0.3, 0.4) is 0 Å². The number of anilines is 1. The quantitative estimate of drug-likeness (QED) is 0.391. The number of ether oxygens (including phenoxy) is 2. The summed E-state index contributed by atoms with van der Waals surface area (Å²) < 4.78 is 47.0. The van der Waals surface area contributed by atoms with Crippen molar-refractivity contribution in [1.82, 2.24) is 15.0 Å². The van der Waals surface area contributed by atoms with Gasteiger partial charge < -0.3 is 19.8 Å². The van der Waals surface area contributed by atoms with Crippen molar-refractivity contribution in [2.24, 2.45) is 0 Å². The Kier molecular flexibility index (Phi) is 5.49. The van der Waals surface area contributed by atoms with Gasteiger partial charge in [0.2, 0.25) is 0 Å². The number of H-pyrrole nitrogens is 2. The number of amides is 1. The third-order valence-corrected chi connectivity index (χ3v) is 4.29. The molecule has 32 heavy (non-hydrogen) atoms. The van der Waals surface area contributed by atoms with Crippen molar-refractivity contribution in [2.75, 3.05) is 5.32 Å². The molecule has 12 heteroatoms. The van der Waals surface area contributed by atoms with Gasteiger partial charge in [-0.2, -0.15) is 0 Å². The van der Waals surface area contributed by atoms with E-state index in [-0.39, 0.29) is 10.6 Å². The summed E-state index contributed by atoms with van der Waals surface area (Å²) in [4.78, 5) is 33.1. The van der Waals surface area contributed by atoms with Gasteiger partial charge in [-0.05, 0) is 30.3 Å². The van der Waals surface area contributed by atoms with Gasteiger partial charge in [0.05, 0.1) is 0 Å². The number of alkyl halides is 3. The number of hydrogen-bond donors (Lipinski definition) is 3. The summed E-state index contributed by atoms with van der Waals surface area (Å²) in [7, 11) is 0. The van der Waals surface area contributed by atoms with Gasteiger partial charge in [-0.25, -0.2) is 9.78 Å². The van der Waals surface area contributed by atoms with Crippen LogP contribution in [-0.4, -0.2) is 27.2 Å². The lowest BCUT2D eigenvalue weighted by Crippen LogP contribution is -2.18. The molecule has 8 nitrogen and oxygen atoms in total. The SMILES string of the molecule is O=C(Nc1cccc(Oc2ccnc3[nH]c(=O)[nH]c23)c1)c1cc(Cl)cc(OC(F)(F)F)c1. The number of rotatable bonds is 5. The van der Waals surface area contributed by atoms with Gasteiger partial charge >= 0.3 is 12.1 Å². The van der Waals surface area contributed by atoms with Gasteiger partial charge in [0.1, 0.15) is 17.0 Å². The molecule has 0 aliphatic rings. The first-order valence-electron chi connectivity index (χ1n) is 8.89. The maximum atomic E-state index is 12.5. The lowest BCUT2D eigenvalue weighted by Gasteiger charge is -2.12. The van der Waals surface area contributed by atoms with Crippen LogP contribution < -0.4 is 20.5 Å². The van der Waals surface area contributed by atoms with Crippen LogP contribution in [-0.2, 0) is 0 Å². The second-order valence-corrected chi connectivity index (χ2v) is 6.86. The predicted molar refractivity (Wildman–Crippen MR) is 109 cm³/mol. The van der Waals surface area contributed by atoms with E-state index in [4.69, 9.17) is 16.3 Å². The summed E-state index contributed by atoms with van der Waals surface area (Å²) in [6.45, 7) is 0.